The van der Waals surface area contributed by atoms with Gasteiger partial charge in [0.15, 0.2) is 12.8 Å². The smallest absolute Gasteiger partial charge is 0.362 e. The summed E-state index contributed by atoms with van der Waals surface area (Å²) >= 11 is 6.13. The van der Waals surface area contributed by atoms with Crippen molar-refractivity contribution in [3.8, 4) is 17.0 Å². The highest BCUT2D eigenvalue weighted by atomic mass is 35.5. The standard InChI is InChI=1S/C16H21ClN3O3/c1-11(2)7-8-19-16(14(10-18-19)20(21)23-4)13-9-12(17)5-6-15(13)22-3/h5-6,9-11H,7-8H2,1-4H3/q+1. The van der Waals surface area contributed by atoms with E-state index < -0.39 is 0 Å². The molecule has 0 unspecified atom stereocenters. The molecule has 0 atom stereocenters. The molecule has 124 valence electrons. The molecule has 1 heterocycles. The molecule has 2 rings (SSSR count). The quantitative estimate of drug-likeness (QED) is 0.709. The van der Waals surface area contributed by atoms with E-state index in [9.17, 15) is 4.91 Å². The van der Waals surface area contributed by atoms with Gasteiger partial charge in [-0.3, -0.25) is 4.68 Å². The number of ether oxygens (including phenoxy) is 1. The van der Waals surface area contributed by atoms with Crippen LogP contribution in [0.1, 0.15) is 20.3 Å². The maximum Gasteiger partial charge on any atom is 0.362 e. The summed E-state index contributed by atoms with van der Waals surface area (Å²) in [5.41, 5.74) is 1.65. The fourth-order valence-corrected chi connectivity index (χ4v) is 2.47. The molecule has 7 heteroatoms. The predicted octanol–water partition coefficient (Wildman–Crippen LogP) is 4.23. The van der Waals surface area contributed by atoms with Crippen molar-refractivity contribution in [2.24, 2.45) is 5.92 Å². The van der Waals surface area contributed by atoms with Crippen molar-refractivity contribution in [3.63, 3.8) is 0 Å². The van der Waals surface area contributed by atoms with Crippen LogP contribution in [0.3, 0.4) is 0 Å². The summed E-state index contributed by atoms with van der Waals surface area (Å²) in [5, 5.41) is 4.89. The number of aromatic nitrogens is 2. The van der Waals surface area contributed by atoms with Crippen molar-refractivity contribution < 1.29 is 14.5 Å². The van der Waals surface area contributed by atoms with Gasteiger partial charge >= 0.3 is 5.69 Å². The van der Waals surface area contributed by atoms with Crippen LogP contribution in [0.5, 0.6) is 5.75 Å². The van der Waals surface area contributed by atoms with Crippen molar-refractivity contribution in [2.75, 3.05) is 14.2 Å². The van der Waals surface area contributed by atoms with Crippen LogP contribution in [0.2, 0.25) is 5.02 Å². The van der Waals surface area contributed by atoms with E-state index in [-0.39, 0.29) is 0 Å². The Morgan fingerprint density at radius 2 is 2.09 bits per heavy atom. The average Bonchev–Trinajstić information content (AvgIpc) is 2.95. The number of nitrogens with zero attached hydrogens (tertiary/aromatic N) is 3. The Morgan fingerprint density at radius 3 is 2.70 bits per heavy atom. The molecule has 2 aromatic rings. The van der Waals surface area contributed by atoms with E-state index in [1.807, 2.05) is 0 Å². The summed E-state index contributed by atoms with van der Waals surface area (Å²) < 4.78 is 7.20. The molecule has 0 aliphatic carbocycles. The van der Waals surface area contributed by atoms with E-state index >= 15 is 0 Å². The molecule has 0 aliphatic heterocycles. The highest BCUT2D eigenvalue weighted by Gasteiger charge is 2.29. The monoisotopic (exact) mass is 338 g/mol. The van der Waals surface area contributed by atoms with Crippen LogP contribution in [-0.4, -0.2) is 28.9 Å². The zero-order valence-electron chi connectivity index (χ0n) is 13.7. The van der Waals surface area contributed by atoms with Gasteiger partial charge < -0.3 is 4.74 Å². The Hall–Kier alpha value is -2.08. The largest absolute Gasteiger partial charge is 0.496 e. The molecule has 0 spiro atoms. The Bertz CT molecular complexity index is 698. The topological polar surface area (TPSA) is 56.4 Å². The molecule has 1 aromatic heterocycles. The van der Waals surface area contributed by atoms with Crippen molar-refractivity contribution in [1.82, 2.24) is 9.78 Å². The second-order valence-electron chi connectivity index (χ2n) is 5.57. The van der Waals surface area contributed by atoms with Crippen LogP contribution in [-0.2, 0) is 11.4 Å². The molecule has 0 N–H and O–H groups in total. The lowest BCUT2D eigenvalue weighted by atomic mass is 10.1. The Labute approximate surface area is 140 Å². The minimum Gasteiger partial charge on any atom is -0.496 e. The molecule has 0 radical (unpaired) electrons. The number of aryl methyl sites for hydroxylation is 1. The van der Waals surface area contributed by atoms with Crippen LogP contribution in [0.4, 0.5) is 5.69 Å². The van der Waals surface area contributed by atoms with Gasteiger partial charge in [-0.15, -0.1) is 0 Å². The summed E-state index contributed by atoms with van der Waals surface area (Å²) in [6, 6.07) is 5.27. The fraction of sp³-hybridized carbons (Fsp3) is 0.438. The summed E-state index contributed by atoms with van der Waals surface area (Å²) in [6.45, 7) is 4.96. The minimum atomic E-state index is 0.317. The highest BCUT2D eigenvalue weighted by molar-refractivity contribution is 6.31. The van der Waals surface area contributed by atoms with Crippen molar-refractivity contribution in [2.45, 2.75) is 26.8 Å². The third-order valence-corrected chi connectivity index (χ3v) is 3.75. The van der Waals surface area contributed by atoms with Gasteiger partial charge in [0.05, 0.1) is 17.6 Å². The Morgan fingerprint density at radius 1 is 1.35 bits per heavy atom. The van der Waals surface area contributed by atoms with E-state index in [1.54, 1.807) is 30.0 Å². The van der Waals surface area contributed by atoms with Gasteiger partial charge in [-0.05, 0) is 30.5 Å². The molecule has 6 nitrogen and oxygen atoms in total. The third kappa shape index (κ3) is 3.82. The number of hydrogen-bond donors (Lipinski definition) is 0. The van der Waals surface area contributed by atoms with Crippen molar-refractivity contribution in [1.29, 1.82) is 0 Å². The van der Waals surface area contributed by atoms with E-state index in [0.29, 0.717) is 45.1 Å². The highest BCUT2D eigenvalue weighted by Crippen LogP contribution is 2.38. The Kier molecular flexibility index (Phi) is 5.60. The summed E-state index contributed by atoms with van der Waals surface area (Å²) in [7, 11) is 2.89. The van der Waals surface area contributed by atoms with Crippen LogP contribution in [0.25, 0.3) is 11.3 Å². The van der Waals surface area contributed by atoms with Gasteiger partial charge in [-0.25, -0.2) is 4.84 Å². The zero-order chi connectivity index (χ0) is 17.0. The second-order valence-corrected chi connectivity index (χ2v) is 6.00. The van der Waals surface area contributed by atoms with Crippen molar-refractivity contribution in [3.05, 3.63) is 34.3 Å². The molecule has 0 aliphatic rings. The summed E-state index contributed by atoms with van der Waals surface area (Å²) in [5.74, 6) is 1.13. The van der Waals surface area contributed by atoms with Gasteiger partial charge in [0, 0.05) is 11.6 Å². The van der Waals surface area contributed by atoms with E-state index in [2.05, 4.69) is 18.9 Å². The predicted molar refractivity (Wildman–Crippen MR) is 89.0 cm³/mol. The zero-order valence-corrected chi connectivity index (χ0v) is 14.5. The van der Waals surface area contributed by atoms with Crippen LogP contribution in [0, 0.1) is 10.8 Å². The molecule has 23 heavy (non-hydrogen) atoms. The second kappa shape index (κ2) is 7.46. The molecular formula is C16H21ClN3O3+. The van der Waals surface area contributed by atoms with Gasteiger partial charge in [-0.2, -0.15) is 5.10 Å². The molecule has 0 saturated carbocycles. The van der Waals surface area contributed by atoms with Crippen LogP contribution in [0.15, 0.2) is 24.4 Å². The normalized spacial score (nSPS) is 10.9. The molecule has 1 aromatic carbocycles. The van der Waals surface area contributed by atoms with Crippen LogP contribution < -0.4 is 4.74 Å². The number of halogens is 1. The number of benzene rings is 1. The first kappa shape index (κ1) is 17.3. The summed E-state index contributed by atoms with van der Waals surface area (Å²) in [6.07, 6.45) is 2.43. The lowest BCUT2D eigenvalue weighted by Crippen LogP contribution is -2.07. The van der Waals surface area contributed by atoms with Crippen LogP contribution >= 0.6 is 11.6 Å². The average molecular weight is 339 g/mol. The lowest BCUT2D eigenvalue weighted by Gasteiger charge is -2.12. The maximum atomic E-state index is 12.0. The van der Waals surface area contributed by atoms with E-state index in [4.69, 9.17) is 21.2 Å². The molecule has 0 saturated heterocycles. The Balaban J connectivity index is 2.59. The van der Waals surface area contributed by atoms with Gasteiger partial charge in [0.2, 0.25) is 0 Å². The number of methoxy groups -OCH3 is 1. The first-order chi connectivity index (χ1) is 11.0. The van der Waals surface area contributed by atoms with Gasteiger partial charge in [0.25, 0.3) is 4.92 Å². The first-order valence-electron chi connectivity index (χ1n) is 7.39. The van der Waals surface area contributed by atoms with E-state index in [0.717, 1.165) is 6.42 Å². The first-order valence-corrected chi connectivity index (χ1v) is 7.76. The van der Waals surface area contributed by atoms with Gasteiger partial charge in [-0.1, -0.05) is 25.4 Å². The number of hydrogen-bond acceptors (Lipinski definition) is 4. The third-order valence-electron chi connectivity index (χ3n) is 3.52. The SMILES string of the molecule is COc1ccc(Cl)cc1-c1c([N+](=O)OC)cnn1CCC(C)C. The lowest BCUT2D eigenvalue weighted by molar-refractivity contribution is -0.736. The van der Waals surface area contributed by atoms with Crippen molar-refractivity contribution >= 4 is 17.3 Å². The minimum absolute atomic E-state index is 0.317. The number of rotatable bonds is 7. The molecule has 0 amide bonds. The molecular weight excluding hydrogens is 318 g/mol. The van der Waals surface area contributed by atoms with E-state index in [1.165, 1.54) is 13.3 Å². The van der Waals surface area contributed by atoms with Gasteiger partial charge in [0.1, 0.15) is 11.9 Å². The maximum absolute atomic E-state index is 12.0. The molecule has 0 fully saturated rings. The fourth-order valence-electron chi connectivity index (χ4n) is 2.30. The molecule has 0 bridgehead atoms. The summed E-state index contributed by atoms with van der Waals surface area (Å²) in [4.78, 5) is 17.2.